The molecule has 4 aromatic carbocycles. The van der Waals surface area contributed by atoms with Gasteiger partial charge in [0.1, 0.15) is 11.4 Å². The molecule has 3 N–H and O–H groups in total. The number of nitrogens with one attached hydrogen (secondary N) is 3. The van der Waals surface area contributed by atoms with E-state index in [0.29, 0.717) is 34.3 Å². The summed E-state index contributed by atoms with van der Waals surface area (Å²) < 4.78 is 6.53. The van der Waals surface area contributed by atoms with Gasteiger partial charge in [-0.3, -0.25) is 14.4 Å². The number of carbonyl (C=O) groups is 3. The second-order valence-corrected chi connectivity index (χ2v) is 11.8. The van der Waals surface area contributed by atoms with Crippen LogP contribution in [-0.2, 0) is 9.59 Å². The summed E-state index contributed by atoms with van der Waals surface area (Å²) in [7, 11) is 0. The van der Waals surface area contributed by atoms with E-state index in [9.17, 15) is 14.4 Å². The molecule has 0 aliphatic heterocycles. The number of ether oxygens (including phenoxy) is 1. The van der Waals surface area contributed by atoms with E-state index in [1.165, 1.54) is 23.1 Å². The van der Waals surface area contributed by atoms with E-state index in [1.54, 1.807) is 60.7 Å². The van der Waals surface area contributed by atoms with Gasteiger partial charge in [0, 0.05) is 16.1 Å². The van der Waals surface area contributed by atoms with Crippen molar-refractivity contribution in [2.45, 2.75) is 18.7 Å². The average Bonchev–Trinajstić information content (AvgIpc) is 3.42. The first kappa shape index (κ1) is 30.5. The van der Waals surface area contributed by atoms with Gasteiger partial charge in [0.05, 0.1) is 22.6 Å². The maximum atomic E-state index is 13.4. The van der Waals surface area contributed by atoms with Crippen molar-refractivity contribution in [3.05, 3.63) is 119 Å². The summed E-state index contributed by atoms with van der Waals surface area (Å²) in [5, 5.41) is 9.04. The molecule has 0 aliphatic rings. The van der Waals surface area contributed by atoms with Crippen molar-refractivity contribution in [1.82, 2.24) is 10.3 Å². The number of hydrogen-bond acceptors (Lipinski definition) is 7. The number of aromatic nitrogens is 1. The number of hydrogen-bond donors (Lipinski definition) is 3. The average molecular weight is 623 g/mol. The van der Waals surface area contributed by atoms with Crippen LogP contribution in [-0.4, -0.2) is 35.1 Å². The lowest BCUT2D eigenvalue weighted by Crippen LogP contribution is -2.30. The number of anilines is 2. The van der Waals surface area contributed by atoms with Crippen molar-refractivity contribution >= 4 is 67.9 Å². The van der Waals surface area contributed by atoms with E-state index in [0.717, 1.165) is 20.7 Å². The minimum absolute atomic E-state index is 0.0754. The number of amides is 3. The van der Waals surface area contributed by atoms with Crippen LogP contribution in [0.3, 0.4) is 0 Å². The van der Waals surface area contributed by atoms with E-state index in [2.05, 4.69) is 20.9 Å². The second kappa shape index (κ2) is 14.5. The van der Waals surface area contributed by atoms with Crippen LogP contribution in [0.25, 0.3) is 16.3 Å². The van der Waals surface area contributed by atoms with E-state index < -0.39 is 11.8 Å². The lowest BCUT2D eigenvalue weighted by molar-refractivity contribution is -0.114. The Morgan fingerprint density at radius 2 is 1.70 bits per heavy atom. The molecule has 5 rings (SSSR count). The summed E-state index contributed by atoms with van der Waals surface area (Å²) in [5.41, 5.74) is 3.72. The van der Waals surface area contributed by atoms with Gasteiger partial charge in [-0.05, 0) is 85.6 Å². The van der Waals surface area contributed by atoms with Crippen LogP contribution >= 0.6 is 23.1 Å². The Hall–Kier alpha value is -4.93. The Morgan fingerprint density at radius 3 is 2.48 bits per heavy atom. The highest BCUT2D eigenvalue weighted by atomic mass is 32.2. The third kappa shape index (κ3) is 8.33. The summed E-state index contributed by atoms with van der Waals surface area (Å²) in [6.45, 7) is 4.47. The zero-order valence-corrected chi connectivity index (χ0v) is 25.8. The zero-order valence-electron chi connectivity index (χ0n) is 24.1. The molecule has 0 bridgehead atoms. The molecule has 0 radical (unpaired) electrons. The number of aryl methyl sites for hydroxylation is 1. The standard InChI is InChI=1S/C34H30N4O4S2/c1-3-42-26-15-13-23(14-16-26)19-29(36-32(40)24-8-5-4-6-9-24)33(41)35-25-10-7-11-27(20-25)43-21-31(39)38-34-37-28-17-12-22(2)18-30(28)44-34/h4-20H,3,21H2,1-2H3,(H,35,41)(H,36,40)(H,37,38,39)/b29-19+. The maximum Gasteiger partial charge on any atom is 0.272 e. The van der Waals surface area contributed by atoms with E-state index in [4.69, 9.17) is 4.74 Å². The van der Waals surface area contributed by atoms with Gasteiger partial charge in [0.2, 0.25) is 5.91 Å². The van der Waals surface area contributed by atoms with Crippen LogP contribution in [0.1, 0.15) is 28.4 Å². The summed E-state index contributed by atoms with van der Waals surface area (Å²) in [6.07, 6.45) is 1.61. The first-order valence-corrected chi connectivity index (χ1v) is 15.7. The molecule has 0 aliphatic carbocycles. The molecule has 3 amide bonds. The normalized spacial score (nSPS) is 11.2. The molecule has 0 saturated heterocycles. The zero-order chi connectivity index (χ0) is 30.9. The summed E-state index contributed by atoms with van der Waals surface area (Å²) in [5.74, 6) is -0.195. The Bertz CT molecular complexity index is 1820. The maximum absolute atomic E-state index is 13.4. The van der Waals surface area contributed by atoms with Crippen molar-refractivity contribution in [2.24, 2.45) is 0 Å². The van der Waals surface area contributed by atoms with Gasteiger partial charge >= 0.3 is 0 Å². The Kier molecular flexibility index (Phi) is 10.1. The SMILES string of the molecule is CCOc1ccc(/C=C(/NC(=O)c2ccccc2)C(=O)Nc2cccc(SCC(=O)Nc3nc4ccc(C)cc4s3)c2)cc1. The highest BCUT2D eigenvalue weighted by Crippen LogP contribution is 2.28. The van der Waals surface area contributed by atoms with Crippen molar-refractivity contribution in [3.8, 4) is 5.75 Å². The molecular weight excluding hydrogens is 593 g/mol. The van der Waals surface area contributed by atoms with Crippen LogP contribution in [0, 0.1) is 6.92 Å². The van der Waals surface area contributed by atoms with Gasteiger partial charge < -0.3 is 20.7 Å². The highest BCUT2D eigenvalue weighted by Gasteiger charge is 2.16. The van der Waals surface area contributed by atoms with Crippen LogP contribution < -0.4 is 20.7 Å². The van der Waals surface area contributed by atoms with E-state index in [-0.39, 0.29) is 17.4 Å². The number of benzene rings is 4. The van der Waals surface area contributed by atoms with Gasteiger partial charge in [-0.25, -0.2) is 4.98 Å². The fourth-order valence-corrected chi connectivity index (χ4v) is 5.92. The number of thiazole rings is 1. The van der Waals surface area contributed by atoms with Gasteiger partial charge in [-0.1, -0.05) is 53.8 Å². The molecule has 0 saturated carbocycles. The third-order valence-electron chi connectivity index (χ3n) is 6.28. The number of fused-ring (bicyclic) bond motifs is 1. The largest absolute Gasteiger partial charge is 0.494 e. The Labute approximate surface area is 263 Å². The third-order valence-corrected chi connectivity index (χ3v) is 8.21. The molecule has 0 atom stereocenters. The smallest absolute Gasteiger partial charge is 0.272 e. The lowest BCUT2D eigenvalue weighted by atomic mass is 10.1. The lowest BCUT2D eigenvalue weighted by Gasteiger charge is -2.12. The molecule has 10 heteroatoms. The van der Waals surface area contributed by atoms with Crippen molar-refractivity contribution in [2.75, 3.05) is 23.0 Å². The first-order chi connectivity index (χ1) is 21.4. The molecule has 0 fully saturated rings. The number of carbonyl (C=O) groups excluding carboxylic acids is 3. The predicted molar refractivity (Wildman–Crippen MR) is 178 cm³/mol. The molecule has 0 unspecified atom stereocenters. The molecule has 1 heterocycles. The van der Waals surface area contributed by atoms with E-state index in [1.807, 2.05) is 56.3 Å². The fraction of sp³-hybridized carbons (Fsp3) is 0.118. The number of thioether (sulfide) groups is 1. The predicted octanol–water partition coefficient (Wildman–Crippen LogP) is 7.14. The van der Waals surface area contributed by atoms with Crippen LogP contribution in [0.5, 0.6) is 5.75 Å². The molecule has 5 aromatic rings. The van der Waals surface area contributed by atoms with Crippen LogP contribution in [0.2, 0.25) is 0 Å². The summed E-state index contributed by atoms with van der Waals surface area (Å²) in [6, 6.07) is 29.1. The van der Waals surface area contributed by atoms with E-state index >= 15 is 0 Å². The number of nitrogens with zero attached hydrogens (tertiary/aromatic N) is 1. The number of rotatable bonds is 11. The quantitative estimate of drug-likeness (QED) is 0.107. The second-order valence-electron chi connectivity index (χ2n) is 9.69. The molecular formula is C34H30N4O4S2. The topological polar surface area (TPSA) is 109 Å². The Morgan fingerprint density at radius 1 is 0.909 bits per heavy atom. The highest BCUT2D eigenvalue weighted by molar-refractivity contribution is 8.00. The molecule has 44 heavy (non-hydrogen) atoms. The molecule has 1 aromatic heterocycles. The van der Waals surface area contributed by atoms with Crippen LogP contribution in [0.15, 0.2) is 108 Å². The first-order valence-electron chi connectivity index (χ1n) is 13.9. The molecule has 222 valence electrons. The summed E-state index contributed by atoms with van der Waals surface area (Å²) >= 11 is 2.78. The van der Waals surface area contributed by atoms with Crippen LogP contribution in [0.4, 0.5) is 10.8 Å². The fourth-order valence-electron chi connectivity index (χ4n) is 4.19. The molecule has 8 nitrogen and oxygen atoms in total. The van der Waals surface area contributed by atoms with Gasteiger partial charge in [0.15, 0.2) is 5.13 Å². The van der Waals surface area contributed by atoms with Crippen molar-refractivity contribution in [3.63, 3.8) is 0 Å². The van der Waals surface area contributed by atoms with Crippen molar-refractivity contribution < 1.29 is 19.1 Å². The minimum Gasteiger partial charge on any atom is -0.494 e. The van der Waals surface area contributed by atoms with Crippen molar-refractivity contribution in [1.29, 1.82) is 0 Å². The van der Waals surface area contributed by atoms with Gasteiger partial charge in [-0.15, -0.1) is 11.8 Å². The minimum atomic E-state index is -0.492. The van der Waals surface area contributed by atoms with Gasteiger partial charge in [0.25, 0.3) is 11.8 Å². The van der Waals surface area contributed by atoms with Gasteiger partial charge in [-0.2, -0.15) is 0 Å². The monoisotopic (exact) mass is 622 g/mol. The molecule has 0 spiro atoms. The Balaban J connectivity index is 1.25. The summed E-state index contributed by atoms with van der Waals surface area (Å²) in [4.78, 5) is 44.3.